The molecule has 1 heterocycles. The summed E-state index contributed by atoms with van der Waals surface area (Å²) in [4.78, 5) is 15.6. The first-order chi connectivity index (χ1) is 10.6. The lowest BCUT2D eigenvalue weighted by Crippen LogP contribution is -2.12. The first kappa shape index (κ1) is 14.7. The molecule has 0 saturated heterocycles. The number of rotatable bonds is 3. The van der Waals surface area contributed by atoms with E-state index in [0.29, 0.717) is 5.56 Å². The van der Waals surface area contributed by atoms with Gasteiger partial charge < -0.3 is 15.0 Å². The van der Waals surface area contributed by atoms with E-state index in [2.05, 4.69) is 26.2 Å². The van der Waals surface area contributed by atoms with Crippen molar-refractivity contribution in [2.24, 2.45) is 0 Å². The van der Waals surface area contributed by atoms with Crippen LogP contribution in [0.3, 0.4) is 0 Å². The number of hydrogen-bond acceptors (Lipinski definition) is 2. The maximum absolute atomic E-state index is 12.5. The summed E-state index contributed by atoms with van der Waals surface area (Å²) in [6.07, 6.45) is 1.72. The molecule has 1 aromatic heterocycles. The van der Waals surface area contributed by atoms with Gasteiger partial charge in [-0.05, 0) is 48.9 Å². The average molecular weight is 359 g/mol. The van der Waals surface area contributed by atoms with Crippen molar-refractivity contribution in [1.29, 1.82) is 0 Å². The number of ether oxygens (including phenoxy) is 1. The normalized spacial score (nSPS) is 10.7. The van der Waals surface area contributed by atoms with Gasteiger partial charge in [0.1, 0.15) is 5.75 Å². The van der Waals surface area contributed by atoms with Crippen molar-refractivity contribution < 1.29 is 9.53 Å². The number of amides is 1. The number of benzene rings is 2. The van der Waals surface area contributed by atoms with Gasteiger partial charge in [-0.15, -0.1) is 0 Å². The van der Waals surface area contributed by atoms with Gasteiger partial charge in [0.15, 0.2) is 0 Å². The van der Waals surface area contributed by atoms with Crippen LogP contribution in [-0.2, 0) is 0 Å². The van der Waals surface area contributed by atoms with Crippen molar-refractivity contribution in [1.82, 2.24) is 4.98 Å². The second-order valence-electron chi connectivity index (χ2n) is 5.03. The van der Waals surface area contributed by atoms with Gasteiger partial charge in [0.2, 0.25) is 0 Å². The van der Waals surface area contributed by atoms with Crippen LogP contribution in [0.5, 0.6) is 5.75 Å². The first-order valence-corrected chi connectivity index (χ1v) is 7.60. The summed E-state index contributed by atoms with van der Waals surface area (Å²) in [6, 6.07) is 11.4. The summed E-state index contributed by atoms with van der Waals surface area (Å²) in [5.74, 6) is 0.575. The number of halogens is 1. The molecule has 0 aliphatic carbocycles. The third-order valence-corrected chi connectivity index (χ3v) is 4.06. The monoisotopic (exact) mass is 358 g/mol. The summed E-state index contributed by atoms with van der Waals surface area (Å²) < 4.78 is 6.21. The molecule has 3 aromatic rings. The lowest BCUT2D eigenvalue weighted by Gasteiger charge is -2.08. The number of nitrogens with one attached hydrogen (secondary N) is 2. The molecule has 112 valence electrons. The van der Waals surface area contributed by atoms with Crippen LogP contribution in [0.1, 0.15) is 15.9 Å². The van der Waals surface area contributed by atoms with Crippen LogP contribution in [0.15, 0.2) is 47.1 Å². The Morgan fingerprint density at radius 3 is 2.77 bits per heavy atom. The van der Waals surface area contributed by atoms with E-state index in [0.717, 1.165) is 32.4 Å². The number of aryl methyl sites for hydroxylation is 1. The lowest BCUT2D eigenvalue weighted by molar-refractivity contribution is 0.102. The smallest absolute Gasteiger partial charge is 0.257 e. The average Bonchev–Trinajstić information content (AvgIpc) is 2.93. The van der Waals surface area contributed by atoms with Crippen LogP contribution in [0.4, 0.5) is 5.69 Å². The van der Waals surface area contributed by atoms with Gasteiger partial charge in [0.25, 0.3) is 5.91 Å². The molecule has 4 nitrogen and oxygen atoms in total. The summed E-state index contributed by atoms with van der Waals surface area (Å²) in [7, 11) is 1.61. The van der Waals surface area contributed by atoms with Crippen molar-refractivity contribution in [2.75, 3.05) is 12.4 Å². The van der Waals surface area contributed by atoms with Crippen molar-refractivity contribution in [3.8, 4) is 5.75 Å². The Morgan fingerprint density at radius 1 is 1.23 bits per heavy atom. The van der Waals surface area contributed by atoms with E-state index in [4.69, 9.17) is 4.74 Å². The van der Waals surface area contributed by atoms with Crippen molar-refractivity contribution in [2.45, 2.75) is 6.92 Å². The molecule has 3 rings (SSSR count). The zero-order valence-electron chi connectivity index (χ0n) is 12.2. The van der Waals surface area contributed by atoms with Gasteiger partial charge in [-0.2, -0.15) is 0 Å². The number of anilines is 1. The minimum atomic E-state index is -0.148. The number of H-pyrrole nitrogens is 1. The maximum Gasteiger partial charge on any atom is 0.257 e. The third kappa shape index (κ3) is 2.72. The Kier molecular flexibility index (Phi) is 3.90. The minimum Gasteiger partial charge on any atom is -0.497 e. The van der Waals surface area contributed by atoms with E-state index < -0.39 is 0 Å². The SMILES string of the molecule is COc1ccc2[nH]cc(C(=O)Nc3ccc(Br)cc3C)c2c1. The van der Waals surface area contributed by atoms with Crippen molar-refractivity contribution >= 4 is 38.4 Å². The highest BCUT2D eigenvalue weighted by Gasteiger charge is 2.14. The number of aromatic nitrogens is 1. The topological polar surface area (TPSA) is 54.1 Å². The second-order valence-corrected chi connectivity index (χ2v) is 5.94. The molecule has 2 aromatic carbocycles. The predicted molar refractivity (Wildman–Crippen MR) is 91.7 cm³/mol. The zero-order valence-corrected chi connectivity index (χ0v) is 13.8. The van der Waals surface area contributed by atoms with E-state index in [9.17, 15) is 4.79 Å². The Hall–Kier alpha value is -2.27. The van der Waals surface area contributed by atoms with Crippen LogP contribution < -0.4 is 10.1 Å². The fourth-order valence-electron chi connectivity index (χ4n) is 2.37. The van der Waals surface area contributed by atoms with E-state index in [-0.39, 0.29) is 5.91 Å². The highest BCUT2D eigenvalue weighted by atomic mass is 79.9. The molecule has 0 radical (unpaired) electrons. The molecule has 0 unspecified atom stereocenters. The van der Waals surface area contributed by atoms with E-state index in [1.807, 2.05) is 43.3 Å². The molecule has 2 N–H and O–H groups in total. The van der Waals surface area contributed by atoms with Crippen LogP contribution in [0.25, 0.3) is 10.9 Å². The number of carbonyl (C=O) groups excluding carboxylic acids is 1. The Bertz CT molecular complexity index is 855. The Labute approximate surface area is 136 Å². The van der Waals surface area contributed by atoms with Gasteiger partial charge in [-0.3, -0.25) is 4.79 Å². The third-order valence-electron chi connectivity index (χ3n) is 3.57. The molecule has 0 aliphatic rings. The number of aromatic amines is 1. The number of fused-ring (bicyclic) bond motifs is 1. The Morgan fingerprint density at radius 2 is 2.05 bits per heavy atom. The zero-order chi connectivity index (χ0) is 15.7. The van der Waals surface area contributed by atoms with Gasteiger partial charge in [-0.1, -0.05) is 15.9 Å². The van der Waals surface area contributed by atoms with Crippen molar-refractivity contribution in [3.63, 3.8) is 0 Å². The van der Waals surface area contributed by atoms with E-state index in [1.165, 1.54) is 0 Å². The molecular formula is C17H15BrN2O2. The molecule has 0 fully saturated rings. The van der Waals surface area contributed by atoms with E-state index >= 15 is 0 Å². The Balaban J connectivity index is 1.95. The lowest BCUT2D eigenvalue weighted by atomic mass is 10.1. The standard InChI is InChI=1S/C17H15BrN2O2/c1-10-7-11(18)3-5-15(10)20-17(21)14-9-19-16-6-4-12(22-2)8-13(14)16/h3-9,19H,1-2H3,(H,20,21). The molecule has 0 spiro atoms. The molecule has 5 heteroatoms. The fraction of sp³-hybridized carbons (Fsp3) is 0.118. The fourth-order valence-corrected chi connectivity index (χ4v) is 2.85. The van der Waals surface area contributed by atoms with Crippen LogP contribution in [0, 0.1) is 6.92 Å². The van der Waals surface area contributed by atoms with Crippen LogP contribution in [-0.4, -0.2) is 18.0 Å². The summed E-state index contributed by atoms with van der Waals surface area (Å²) in [6.45, 7) is 1.96. The quantitative estimate of drug-likeness (QED) is 0.724. The van der Waals surface area contributed by atoms with Gasteiger partial charge >= 0.3 is 0 Å². The van der Waals surface area contributed by atoms with Crippen molar-refractivity contribution in [3.05, 3.63) is 58.2 Å². The molecule has 0 aliphatic heterocycles. The summed E-state index contributed by atoms with van der Waals surface area (Å²) >= 11 is 3.42. The minimum absolute atomic E-state index is 0.148. The molecule has 22 heavy (non-hydrogen) atoms. The molecule has 0 saturated carbocycles. The predicted octanol–water partition coefficient (Wildman–Crippen LogP) is 4.50. The van der Waals surface area contributed by atoms with Gasteiger partial charge in [0, 0.05) is 27.3 Å². The van der Waals surface area contributed by atoms with E-state index in [1.54, 1.807) is 13.3 Å². The second kappa shape index (κ2) is 5.85. The first-order valence-electron chi connectivity index (χ1n) is 6.81. The summed E-state index contributed by atoms with van der Waals surface area (Å²) in [5, 5.41) is 3.79. The highest BCUT2D eigenvalue weighted by molar-refractivity contribution is 9.10. The number of hydrogen-bond donors (Lipinski definition) is 2. The number of methoxy groups -OCH3 is 1. The molecule has 0 atom stereocenters. The molecule has 1 amide bonds. The number of carbonyl (C=O) groups is 1. The van der Waals surface area contributed by atoms with Crippen LogP contribution >= 0.6 is 15.9 Å². The van der Waals surface area contributed by atoms with Gasteiger partial charge in [0.05, 0.1) is 12.7 Å². The summed E-state index contributed by atoms with van der Waals surface area (Å²) in [5.41, 5.74) is 3.29. The van der Waals surface area contributed by atoms with Gasteiger partial charge in [-0.25, -0.2) is 0 Å². The molecular weight excluding hydrogens is 344 g/mol. The largest absolute Gasteiger partial charge is 0.497 e. The van der Waals surface area contributed by atoms with Crippen LogP contribution in [0.2, 0.25) is 0 Å². The molecule has 0 bridgehead atoms. The highest BCUT2D eigenvalue weighted by Crippen LogP contribution is 2.25. The maximum atomic E-state index is 12.5.